The summed E-state index contributed by atoms with van der Waals surface area (Å²) in [6.07, 6.45) is 1.18. The molecular formula is C19H17F2N3O2S. The zero-order valence-corrected chi connectivity index (χ0v) is 15.2. The third-order valence-electron chi connectivity index (χ3n) is 3.86. The lowest BCUT2D eigenvalue weighted by Gasteiger charge is -2.18. The van der Waals surface area contributed by atoms with Gasteiger partial charge in [0.2, 0.25) is 0 Å². The molecule has 5 nitrogen and oxygen atoms in total. The summed E-state index contributed by atoms with van der Waals surface area (Å²) >= 11 is 0. The number of pyridine rings is 1. The molecule has 1 aromatic heterocycles. The Morgan fingerprint density at radius 1 is 1.04 bits per heavy atom. The second-order valence-corrected chi connectivity index (χ2v) is 7.61. The van der Waals surface area contributed by atoms with Gasteiger partial charge in [0, 0.05) is 25.9 Å². The molecule has 140 valence electrons. The average Bonchev–Trinajstić information content (AvgIpc) is 2.65. The Bertz CT molecular complexity index is 1030. The number of sulfonamides is 1. The van der Waals surface area contributed by atoms with E-state index in [1.807, 2.05) is 47.0 Å². The van der Waals surface area contributed by atoms with E-state index in [2.05, 4.69) is 4.98 Å². The van der Waals surface area contributed by atoms with Crippen LogP contribution in [-0.4, -0.2) is 20.4 Å². The third-order valence-corrected chi connectivity index (χ3v) is 5.21. The van der Waals surface area contributed by atoms with Crippen molar-refractivity contribution in [3.05, 3.63) is 84.1 Å². The quantitative estimate of drug-likeness (QED) is 0.697. The number of nitrogens with one attached hydrogen (secondary N) is 1. The monoisotopic (exact) mass is 389 g/mol. The lowest BCUT2D eigenvalue weighted by Crippen LogP contribution is -2.18. The maximum Gasteiger partial charge on any atom is 0.263 e. The van der Waals surface area contributed by atoms with Crippen LogP contribution in [0.3, 0.4) is 0 Å². The Balaban J connectivity index is 1.76. The van der Waals surface area contributed by atoms with Gasteiger partial charge in [-0.3, -0.25) is 4.72 Å². The van der Waals surface area contributed by atoms with E-state index in [1.165, 1.54) is 12.3 Å². The summed E-state index contributed by atoms with van der Waals surface area (Å²) in [5.41, 5.74) is 0.627. The van der Waals surface area contributed by atoms with Gasteiger partial charge in [0.15, 0.2) is 0 Å². The van der Waals surface area contributed by atoms with Crippen LogP contribution >= 0.6 is 0 Å². The van der Waals surface area contributed by atoms with Crippen molar-refractivity contribution < 1.29 is 17.2 Å². The first-order valence-corrected chi connectivity index (χ1v) is 9.52. The number of hydrogen-bond donors (Lipinski definition) is 1. The van der Waals surface area contributed by atoms with Crippen LogP contribution < -0.4 is 9.62 Å². The van der Waals surface area contributed by atoms with E-state index >= 15 is 0 Å². The number of hydrogen-bond acceptors (Lipinski definition) is 4. The molecule has 3 aromatic rings. The van der Waals surface area contributed by atoms with Gasteiger partial charge >= 0.3 is 0 Å². The second kappa shape index (κ2) is 7.71. The molecule has 0 spiro atoms. The highest BCUT2D eigenvalue weighted by atomic mass is 32.2. The van der Waals surface area contributed by atoms with Gasteiger partial charge < -0.3 is 4.90 Å². The molecule has 0 aliphatic rings. The highest BCUT2D eigenvalue weighted by Crippen LogP contribution is 2.21. The summed E-state index contributed by atoms with van der Waals surface area (Å²) in [6, 6.07) is 15.2. The van der Waals surface area contributed by atoms with E-state index < -0.39 is 27.3 Å². The van der Waals surface area contributed by atoms with Crippen molar-refractivity contribution in [2.24, 2.45) is 0 Å². The Labute approximate surface area is 156 Å². The Morgan fingerprint density at radius 3 is 2.44 bits per heavy atom. The zero-order valence-electron chi connectivity index (χ0n) is 14.4. The van der Waals surface area contributed by atoms with Crippen molar-refractivity contribution in [3.8, 4) is 0 Å². The van der Waals surface area contributed by atoms with E-state index in [1.54, 1.807) is 6.07 Å². The molecule has 2 aromatic carbocycles. The third kappa shape index (κ3) is 4.59. The van der Waals surface area contributed by atoms with Gasteiger partial charge in [-0.1, -0.05) is 30.3 Å². The first-order valence-electron chi connectivity index (χ1n) is 8.04. The van der Waals surface area contributed by atoms with Crippen molar-refractivity contribution in [1.29, 1.82) is 0 Å². The summed E-state index contributed by atoms with van der Waals surface area (Å²) in [6.45, 7) is 0.604. The van der Waals surface area contributed by atoms with Gasteiger partial charge in [0.1, 0.15) is 22.3 Å². The van der Waals surface area contributed by atoms with Gasteiger partial charge in [-0.15, -0.1) is 0 Å². The smallest absolute Gasteiger partial charge is 0.263 e. The van der Waals surface area contributed by atoms with Crippen molar-refractivity contribution in [1.82, 2.24) is 4.98 Å². The minimum atomic E-state index is -4.09. The van der Waals surface area contributed by atoms with Crippen molar-refractivity contribution in [2.45, 2.75) is 11.4 Å². The molecule has 0 amide bonds. The maximum absolute atomic E-state index is 13.7. The van der Waals surface area contributed by atoms with Crippen LogP contribution in [0.1, 0.15) is 5.56 Å². The SMILES string of the molecule is CN(Cc1ccccc1)c1ccc(S(=O)(=O)Nc2cc(F)ccc2F)cn1. The van der Waals surface area contributed by atoms with Gasteiger partial charge in [-0.05, 0) is 29.8 Å². The number of benzene rings is 2. The molecule has 27 heavy (non-hydrogen) atoms. The fraction of sp³-hybridized carbons (Fsp3) is 0.105. The van der Waals surface area contributed by atoms with Gasteiger partial charge in [-0.2, -0.15) is 0 Å². The lowest BCUT2D eigenvalue weighted by molar-refractivity contribution is 0.594. The molecule has 0 radical (unpaired) electrons. The van der Waals surface area contributed by atoms with Crippen LogP contribution in [0.4, 0.5) is 20.3 Å². The highest BCUT2D eigenvalue weighted by molar-refractivity contribution is 7.92. The first kappa shape index (κ1) is 18.8. The molecule has 0 unspecified atom stereocenters. The largest absolute Gasteiger partial charge is 0.355 e. The number of anilines is 2. The highest BCUT2D eigenvalue weighted by Gasteiger charge is 2.18. The summed E-state index contributed by atoms with van der Waals surface area (Å²) in [5, 5.41) is 0. The number of halogens is 2. The van der Waals surface area contributed by atoms with Gasteiger partial charge in [-0.25, -0.2) is 22.2 Å². The Kier molecular flexibility index (Phi) is 5.36. The van der Waals surface area contributed by atoms with Crippen LogP contribution in [-0.2, 0) is 16.6 Å². The summed E-state index contributed by atoms with van der Waals surface area (Å²) in [7, 11) is -2.25. The van der Waals surface area contributed by atoms with E-state index in [0.717, 1.165) is 23.8 Å². The predicted molar refractivity (Wildman–Crippen MR) is 100.0 cm³/mol. The van der Waals surface area contributed by atoms with Crippen LogP contribution in [0.2, 0.25) is 0 Å². The summed E-state index contributed by atoms with van der Waals surface area (Å²) in [5.74, 6) is -1.04. The average molecular weight is 389 g/mol. The first-order chi connectivity index (χ1) is 12.8. The van der Waals surface area contributed by atoms with Crippen molar-refractivity contribution in [3.63, 3.8) is 0 Å². The topological polar surface area (TPSA) is 62.3 Å². The van der Waals surface area contributed by atoms with E-state index in [-0.39, 0.29) is 4.90 Å². The fourth-order valence-electron chi connectivity index (χ4n) is 2.47. The van der Waals surface area contributed by atoms with Gasteiger partial charge in [0.05, 0.1) is 5.69 Å². The normalized spacial score (nSPS) is 11.2. The predicted octanol–water partition coefficient (Wildman–Crippen LogP) is 3.80. The van der Waals surface area contributed by atoms with Crippen LogP contribution in [0.15, 0.2) is 71.8 Å². The maximum atomic E-state index is 13.7. The van der Waals surface area contributed by atoms with Crippen LogP contribution in [0.25, 0.3) is 0 Å². The molecule has 0 aliphatic carbocycles. The minimum absolute atomic E-state index is 0.150. The molecule has 0 saturated heterocycles. The summed E-state index contributed by atoms with van der Waals surface area (Å²) in [4.78, 5) is 5.88. The second-order valence-electron chi connectivity index (χ2n) is 5.92. The van der Waals surface area contributed by atoms with Crippen molar-refractivity contribution in [2.75, 3.05) is 16.7 Å². The standard InChI is InChI=1S/C19H17F2N3O2S/c1-24(13-14-5-3-2-4-6-14)19-10-8-16(12-22-19)27(25,26)23-18-11-15(20)7-9-17(18)21/h2-12,23H,13H2,1H3. The molecule has 0 bridgehead atoms. The molecule has 1 N–H and O–H groups in total. The van der Waals surface area contributed by atoms with Gasteiger partial charge in [0.25, 0.3) is 10.0 Å². The number of aromatic nitrogens is 1. The molecule has 0 atom stereocenters. The molecule has 3 rings (SSSR count). The van der Waals surface area contributed by atoms with Crippen LogP contribution in [0.5, 0.6) is 0 Å². The van der Waals surface area contributed by atoms with Crippen LogP contribution in [0, 0.1) is 11.6 Å². The molecule has 0 aliphatic heterocycles. The molecular weight excluding hydrogens is 372 g/mol. The molecule has 0 saturated carbocycles. The summed E-state index contributed by atoms with van der Waals surface area (Å²) < 4.78 is 53.7. The number of nitrogens with zero attached hydrogens (tertiary/aromatic N) is 2. The molecule has 8 heteroatoms. The van der Waals surface area contributed by atoms with E-state index in [9.17, 15) is 17.2 Å². The van der Waals surface area contributed by atoms with Crippen molar-refractivity contribution >= 4 is 21.5 Å². The Hall–Kier alpha value is -3.00. The lowest BCUT2D eigenvalue weighted by atomic mass is 10.2. The molecule has 1 heterocycles. The van der Waals surface area contributed by atoms with E-state index in [4.69, 9.17) is 0 Å². The molecule has 0 fully saturated rings. The zero-order chi connectivity index (χ0) is 19.4. The van der Waals surface area contributed by atoms with E-state index in [0.29, 0.717) is 12.4 Å². The number of rotatable bonds is 6. The fourth-order valence-corrected chi connectivity index (χ4v) is 3.48. The minimum Gasteiger partial charge on any atom is -0.355 e. The Morgan fingerprint density at radius 2 is 1.78 bits per heavy atom.